The highest BCUT2D eigenvalue weighted by Gasteiger charge is 2.45. The minimum Gasteiger partial charge on any atom is -0.305 e. The second kappa shape index (κ2) is 3.89. The average Bonchev–Trinajstić information content (AvgIpc) is 3.17. The smallest absolute Gasteiger partial charge is 0.0438 e. The van der Waals surface area contributed by atoms with Crippen molar-refractivity contribution in [3.8, 4) is 0 Å². The molecular weight excluding hydrogens is 194 g/mol. The number of hydrogen-bond donors (Lipinski definition) is 1. The van der Waals surface area contributed by atoms with Gasteiger partial charge in [-0.25, -0.2) is 0 Å². The van der Waals surface area contributed by atoms with E-state index in [1.54, 1.807) is 0 Å². The fourth-order valence-electron chi connectivity index (χ4n) is 2.78. The summed E-state index contributed by atoms with van der Waals surface area (Å²) < 4.78 is 0. The molecule has 1 aromatic rings. The maximum Gasteiger partial charge on any atom is 0.0438 e. The molecule has 2 saturated carbocycles. The first kappa shape index (κ1) is 10.3. The lowest BCUT2D eigenvalue weighted by molar-refractivity contribution is 0.407. The fourth-order valence-corrected chi connectivity index (χ4v) is 2.78. The Hall–Kier alpha value is -0.820. The largest absolute Gasteiger partial charge is 0.305 e. The van der Waals surface area contributed by atoms with E-state index in [4.69, 9.17) is 0 Å². The third-order valence-corrected chi connectivity index (χ3v) is 3.98. The van der Waals surface area contributed by atoms with E-state index >= 15 is 0 Å². The fraction of sp³-hybridized carbons (Fsp3) is 0.600. The Morgan fingerprint density at radius 2 is 1.94 bits per heavy atom. The third-order valence-electron chi connectivity index (χ3n) is 3.98. The predicted molar refractivity (Wildman–Crippen MR) is 67.3 cm³/mol. The minimum atomic E-state index is 0.329. The van der Waals surface area contributed by atoms with Crippen molar-refractivity contribution in [2.75, 3.05) is 0 Å². The van der Waals surface area contributed by atoms with Crippen molar-refractivity contribution >= 4 is 0 Å². The topological polar surface area (TPSA) is 12.0 Å². The normalized spacial score (nSPS) is 24.1. The molecular formula is C15H21N. The summed E-state index contributed by atoms with van der Waals surface area (Å²) in [7, 11) is 0. The molecule has 0 amide bonds. The predicted octanol–water partition coefficient (Wildman–Crippen LogP) is 3.45. The van der Waals surface area contributed by atoms with Crippen molar-refractivity contribution in [2.45, 2.75) is 50.6 Å². The summed E-state index contributed by atoms with van der Waals surface area (Å²) in [6, 6.07) is 11.6. The molecule has 0 radical (unpaired) electrons. The molecule has 0 saturated heterocycles. The van der Waals surface area contributed by atoms with Crippen LogP contribution in [0.2, 0.25) is 0 Å². The summed E-state index contributed by atoms with van der Waals surface area (Å²) in [5.74, 6) is 1.02. The molecule has 3 rings (SSSR count). The summed E-state index contributed by atoms with van der Waals surface area (Å²) in [6.07, 6.45) is 6.92. The monoisotopic (exact) mass is 215 g/mol. The summed E-state index contributed by atoms with van der Waals surface area (Å²) in [5.41, 5.74) is 1.81. The Kier molecular flexibility index (Phi) is 2.51. The molecule has 2 aliphatic carbocycles. The highest BCUT2D eigenvalue weighted by molar-refractivity contribution is 5.30. The number of rotatable bonds is 5. The summed E-state index contributed by atoms with van der Waals surface area (Å²) in [4.78, 5) is 0. The molecule has 1 aromatic carbocycles. The molecule has 0 heterocycles. The molecule has 86 valence electrons. The van der Waals surface area contributed by atoms with Gasteiger partial charge in [0.25, 0.3) is 0 Å². The van der Waals surface area contributed by atoms with Crippen molar-refractivity contribution in [1.29, 1.82) is 0 Å². The van der Waals surface area contributed by atoms with Crippen LogP contribution in [-0.4, -0.2) is 6.04 Å². The highest BCUT2D eigenvalue weighted by atomic mass is 15.0. The van der Waals surface area contributed by atoms with Crippen LogP contribution in [0.4, 0.5) is 0 Å². The van der Waals surface area contributed by atoms with Gasteiger partial charge in [0.15, 0.2) is 0 Å². The van der Waals surface area contributed by atoms with Crippen molar-refractivity contribution < 1.29 is 0 Å². The van der Waals surface area contributed by atoms with Crippen LogP contribution in [-0.2, 0) is 5.54 Å². The lowest BCUT2D eigenvalue weighted by Crippen LogP contribution is -2.36. The van der Waals surface area contributed by atoms with Crippen LogP contribution in [0.3, 0.4) is 0 Å². The van der Waals surface area contributed by atoms with Crippen LogP contribution in [0.15, 0.2) is 30.3 Å². The Morgan fingerprint density at radius 1 is 1.25 bits per heavy atom. The quantitative estimate of drug-likeness (QED) is 0.793. The van der Waals surface area contributed by atoms with E-state index in [1.165, 1.54) is 37.7 Å². The van der Waals surface area contributed by atoms with Crippen molar-refractivity contribution in [1.82, 2.24) is 5.32 Å². The van der Waals surface area contributed by atoms with Gasteiger partial charge in [-0.15, -0.1) is 0 Å². The molecule has 1 unspecified atom stereocenters. The van der Waals surface area contributed by atoms with E-state index in [2.05, 4.69) is 42.6 Å². The van der Waals surface area contributed by atoms with Gasteiger partial charge >= 0.3 is 0 Å². The van der Waals surface area contributed by atoms with E-state index in [9.17, 15) is 0 Å². The van der Waals surface area contributed by atoms with Gasteiger partial charge in [0.1, 0.15) is 0 Å². The first-order chi connectivity index (χ1) is 7.78. The standard InChI is InChI=1S/C15H21N/c1-12(11-13-7-8-13)16-15(9-10-15)14-5-3-2-4-6-14/h2-6,12-13,16H,7-11H2,1H3. The average molecular weight is 215 g/mol. The summed E-state index contributed by atoms with van der Waals surface area (Å²) >= 11 is 0. The van der Waals surface area contributed by atoms with Gasteiger partial charge < -0.3 is 5.32 Å². The molecule has 1 nitrogen and oxygen atoms in total. The van der Waals surface area contributed by atoms with Gasteiger partial charge in [-0.3, -0.25) is 0 Å². The van der Waals surface area contributed by atoms with Crippen molar-refractivity contribution in [3.05, 3.63) is 35.9 Å². The van der Waals surface area contributed by atoms with Crippen LogP contribution < -0.4 is 5.32 Å². The summed E-state index contributed by atoms with van der Waals surface area (Å²) in [5, 5.41) is 3.85. The van der Waals surface area contributed by atoms with Crippen molar-refractivity contribution in [3.63, 3.8) is 0 Å². The van der Waals surface area contributed by atoms with E-state index < -0.39 is 0 Å². The van der Waals surface area contributed by atoms with E-state index in [1.807, 2.05) is 0 Å². The van der Waals surface area contributed by atoms with Gasteiger partial charge in [-0.2, -0.15) is 0 Å². The number of hydrogen-bond acceptors (Lipinski definition) is 1. The second-order valence-electron chi connectivity index (χ2n) is 5.67. The molecule has 0 aliphatic heterocycles. The third kappa shape index (κ3) is 2.15. The lowest BCUT2D eigenvalue weighted by atomic mass is 10.0. The Balaban J connectivity index is 1.64. The molecule has 2 aliphatic rings. The first-order valence-electron chi connectivity index (χ1n) is 6.62. The number of nitrogens with one attached hydrogen (secondary N) is 1. The molecule has 16 heavy (non-hydrogen) atoms. The summed E-state index contributed by atoms with van der Waals surface area (Å²) in [6.45, 7) is 2.35. The molecule has 1 N–H and O–H groups in total. The molecule has 0 aromatic heterocycles. The lowest BCUT2D eigenvalue weighted by Gasteiger charge is -2.23. The molecule has 0 spiro atoms. The van der Waals surface area contributed by atoms with Gasteiger partial charge in [0, 0.05) is 11.6 Å². The maximum absolute atomic E-state index is 3.85. The Labute approximate surface area is 98.3 Å². The molecule has 1 heteroatoms. The van der Waals surface area contributed by atoms with Crippen LogP contribution >= 0.6 is 0 Å². The van der Waals surface area contributed by atoms with Gasteiger partial charge in [0.2, 0.25) is 0 Å². The van der Waals surface area contributed by atoms with Gasteiger partial charge in [-0.1, -0.05) is 43.2 Å². The van der Waals surface area contributed by atoms with Gasteiger partial charge in [-0.05, 0) is 37.7 Å². The van der Waals surface area contributed by atoms with E-state index in [0.717, 1.165) is 5.92 Å². The van der Waals surface area contributed by atoms with Crippen LogP contribution in [0.5, 0.6) is 0 Å². The Bertz CT molecular complexity index is 349. The number of benzene rings is 1. The zero-order chi connectivity index (χ0) is 11.0. The molecule has 1 atom stereocenters. The van der Waals surface area contributed by atoms with Crippen LogP contribution in [0.25, 0.3) is 0 Å². The van der Waals surface area contributed by atoms with Crippen LogP contribution in [0, 0.1) is 5.92 Å². The zero-order valence-corrected chi connectivity index (χ0v) is 10.1. The molecule has 2 fully saturated rings. The Morgan fingerprint density at radius 3 is 2.50 bits per heavy atom. The van der Waals surface area contributed by atoms with Gasteiger partial charge in [0.05, 0.1) is 0 Å². The molecule has 0 bridgehead atoms. The maximum atomic E-state index is 3.85. The highest BCUT2D eigenvalue weighted by Crippen LogP contribution is 2.46. The zero-order valence-electron chi connectivity index (χ0n) is 10.1. The van der Waals surface area contributed by atoms with Crippen molar-refractivity contribution in [2.24, 2.45) is 5.92 Å². The minimum absolute atomic E-state index is 0.329. The van der Waals surface area contributed by atoms with E-state index in [0.29, 0.717) is 11.6 Å². The van der Waals surface area contributed by atoms with E-state index in [-0.39, 0.29) is 0 Å². The SMILES string of the molecule is CC(CC1CC1)NC1(c2ccccc2)CC1. The first-order valence-corrected chi connectivity index (χ1v) is 6.62. The van der Waals surface area contributed by atoms with Crippen LogP contribution in [0.1, 0.15) is 44.6 Å². The second-order valence-corrected chi connectivity index (χ2v) is 5.67.